The number of carbonyl (C=O) groups excluding carboxylic acids is 1. The molecule has 1 saturated carbocycles. The van der Waals surface area contributed by atoms with Crippen molar-refractivity contribution in [1.29, 1.82) is 0 Å². The monoisotopic (exact) mass is 319 g/mol. The lowest BCUT2D eigenvalue weighted by molar-refractivity contribution is -0.139. The molecule has 0 spiro atoms. The molecule has 6 heteroatoms. The van der Waals surface area contributed by atoms with Gasteiger partial charge in [0.15, 0.2) is 9.84 Å². The molecular weight excluding hydrogens is 290 g/mol. The highest BCUT2D eigenvalue weighted by Gasteiger charge is 2.29. The lowest BCUT2D eigenvalue weighted by Gasteiger charge is -2.30. The summed E-state index contributed by atoms with van der Waals surface area (Å²) in [6.45, 7) is 4.78. The first-order chi connectivity index (χ1) is 9.98. The van der Waals surface area contributed by atoms with Crippen molar-refractivity contribution in [3.05, 3.63) is 0 Å². The van der Waals surface area contributed by atoms with Gasteiger partial charge in [-0.15, -0.1) is 0 Å². The predicted octanol–water partition coefficient (Wildman–Crippen LogP) is 1.91. The summed E-state index contributed by atoms with van der Waals surface area (Å²) in [5.41, 5.74) is 0. The van der Waals surface area contributed by atoms with Crippen LogP contribution in [0.1, 0.15) is 52.4 Å². The van der Waals surface area contributed by atoms with Crippen LogP contribution in [0.3, 0.4) is 0 Å². The van der Waals surface area contributed by atoms with Crippen LogP contribution in [0.4, 0.5) is 0 Å². The third kappa shape index (κ3) is 7.27. The zero-order chi connectivity index (χ0) is 15.7. The normalized spacial score (nSPS) is 18.4. The summed E-state index contributed by atoms with van der Waals surface area (Å²) in [4.78, 5) is 11.4. The fraction of sp³-hybridized carbons (Fsp3) is 0.933. The highest BCUT2D eigenvalue weighted by Crippen LogP contribution is 2.27. The Labute approximate surface area is 128 Å². The Morgan fingerprint density at radius 1 is 1.24 bits per heavy atom. The van der Waals surface area contributed by atoms with E-state index in [2.05, 4.69) is 12.2 Å². The van der Waals surface area contributed by atoms with E-state index in [1.807, 2.05) is 0 Å². The molecular formula is C15H29NO4S. The Morgan fingerprint density at radius 2 is 1.90 bits per heavy atom. The maximum absolute atomic E-state index is 12.2. The van der Waals surface area contributed by atoms with Gasteiger partial charge < -0.3 is 10.1 Å². The Kier molecular flexibility index (Phi) is 8.26. The summed E-state index contributed by atoms with van der Waals surface area (Å²) in [7, 11) is -3.42. The van der Waals surface area contributed by atoms with Crippen LogP contribution >= 0.6 is 0 Å². The van der Waals surface area contributed by atoms with E-state index < -0.39 is 21.6 Å². The van der Waals surface area contributed by atoms with Crippen LogP contribution in [0.15, 0.2) is 0 Å². The van der Waals surface area contributed by atoms with Crippen LogP contribution in [0.2, 0.25) is 0 Å². The SMILES string of the molecule is CCCNC(CS(=O)(=O)CC(=O)OCC)C1CCCCC1. The summed E-state index contributed by atoms with van der Waals surface area (Å²) >= 11 is 0. The molecule has 0 aromatic heterocycles. The molecule has 1 atom stereocenters. The number of hydrogen-bond acceptors (Lipinski definition) is 5. The molecule has 1 N–H and O–H groups in total. The van der Waals surface area contributed by atoms with E-state index in [9.17, 15) is 13.2 Å². The number of sulfone groups is 1. The van der Waals surface area contributed by atoms with Crippen molar-refractivity contribution < 1.29 is 17.9 Å². The lowest BCUT2D eigenvalue weighted by Crippen LogP contribution is -2.44. The van der Waals surface area contributed by atoms with E-state index in [0.29, 0.717) is 5.92 Å². The number of rotatable bonds is 9. The largest absolute Gasteiger partial charge is 0.465 e. The molecule has 1 rings (SSSR count). The van der Waals surface area contributed by atoms with E-state index in [0.717, 1.165) is 25.8 Å². The fourth-order valence-electron chi connectivity index (χ4n) is 2.94. The van der Waals surface area contributed by atoms with Crippen LogP contribution in [-0.2, 0) is 19.4 Å². The van der Waals surface area contributed by atoms with Gasteiger partial charge in [-0.25, -0.2) is 8.42 Å². The van der Waals surface area contributed by atoms with Gasteiger partial charge in [0.1, 0.15) is 5.75 Å². The molecule has 0 amide bonds. The highest BCUT2D eigenvalue weighted by molar-refractivity contribution is 7.92. The van der Waals surface area contributed by atoms with Crippen LogP contribution in [0.25, 0.3) is 0 Å². The van der Waals surface area contributed by atoms with Crippen LogP contribution in [-0.4, -0.2) is 45.1 Å². The summed E-state index contributed by atoms with van der Waals surface area (Å²) < 4.78 is 29.1. The maximum atomic E-state index is 12.2. The maximum Gasteiger partial charge on any atom is 0.321 e. The van der Waals surface area contributed by atoms with E-state index >= 15 is 0 Å². The Bertz CT molecular complexity index is 402. The van der Waals surface area contributed by atoms with Gasteiger partial charge in [0.2, 0.25) is 0 Å². The molecule has 0 aromatic carbocycles. The van der Waals surface area contributed by atoms with Crippen molar-refractivity contribution >= 4 is 15.8 Å². The third-order valence-corrected chi connectivity index (χ3v) is 5.49. The summed E-state index contributed by atoms with van der Waals surface area (Å²) in [6, 6.07) is -0.0373. The second kappa shape index (κ2) is 9.41. The summed E-state index contributed by atoms with van der Waals surface area (Å²) in [5, 5.41) is 3.37. The molecule has 1 unspecified atom stereocenters. The summed E-state index contributed by atoms with van der Waals surface area (Å²) in [5.74, 6) is -0.702. The van der Waals surface area contributed by atoms with Crippen LogP contribution in [0.5, 0.6) is 0 Å². The molecule has 0 aromatic rings. The van der Waals surface area contributed by atoms with E-state index in [-0.39, 0.29) is 18.4 Å². The molecule has 21 heavy (non-hydrogen) atoms. The van der Waals surface area contributed by atoms with Crippen molar-refractivity contribution in [3.8, 4) is 0 Å². The quantitative estimate of drug-likeness (QED) is 0.657. The molecule has 1 fully saturated rings. The van der Waals surface area contributed by atoms with Crippen LogP contribution < -0.4 is 5.32 Å². The van der Waals surface area contributed by atoms with E-state index in [4.69, 9.17) is 4.74 Å². The zero-order valence-corrected chi connectivity index (χ0v) is 14.1. The van der Waals surface area contributed by atoms with Crippen LogP contribution in [0, 0.1) is 5.92 Å². The molecule has 0 radical (unpaired) electrons. The second-order valence-corrected chi connectivity index (χ2v) is 7.93. The van der Waals surface area contributed by atoms with Crippen molar-refractivity contribution in [1.82, 2.24) is 5.32 Å². The Hall–Kier alpha value is -0.620. The van der Waals surface area contributed by atoms with Gasteiger partial charge in [-0.05, 0) is 38.6 Å². The predicted molar refractivity (Wildman–Crippen MR) is 83.9 cm³/mol. The van der Waals surface area contributed by atoms with Gasteiger partial charge in [-0.2, -0.15) is 0 Å². The minimum atomic E-state index is -3.42. The van der Waals surface area contributed by atoms with E-state index in [1.54, 1.807) is 6.92 Å². The second-order valence-electron chi connectivity index (χ2n) is 5.82. The molecule has 0 aliphatic heterocycles. The highest BCUT2D eigenvalue weighted by atomic mass is 32.2. The minimum absolute atomic E-state index is 0.0373. The molecule has 5 nitrogen and oxygen atoms in total. The molecule has 0 bridgehead atoms. The molecule has 1 aliphatic rings. The first-order valence-electron chi connectivity index (χ1n) is 8.08. The molecule has 124 valence electrons. The van der Waals surface area contributed by atoms with Crippen molar-refractivity contribution in [2.75, 3.05) is 24.7 Å². The summed E-state index contributed by atoms with van der Waals surface area (Å²) in [6.07, 6.45) is 6.72. The number of hydrogen-bond donors (Lipinski definition) is 1. The van der Waals surface area contributed by atoms with Gasteiger partial charge in [0, 0.05) is 6.04 Å². The van der Waals surface area contributed by atoms with Gasteiger partial charge in [0.05, 0.1) is 12.4 Å². The van der Waals surface area contributed by atoms with Crippen molar-refractivity contribution in [2.45, 2.75) is 58.4 Å². The first-order valence-corrected chi connectivity index (χ1v) is 9.90. The minimum Gasteiger partial charge on any atom is -0.465 e. The van der Waals surface area contributed by atoms with Gasteiger partial charge >= 0.3 is 5.97 Å². The van der Waals surface area contributed by atoms with E-state index in [1.165, 1.54) is 19.3 Å². The number of carbonyl (C=O) groups is 1. The Balaban J connectivity index is 2.62. The number of nitrogens with one attached hydrogen (secondary N) is 1. The average Bonchev–Trinajstić information content (AvgIpc) is 2.44. The smallest absolute Gasteiger partial charge is 0.321 e. The number of ether oxygens (including phenoxy) is 1. The fourth-order valence-corrected chi connectivity index (χ4v) is 4.44. The van der Waals surface area contributed by atoms with Gasteiger partial charge in [0.25, 0.3) is 0 Å². The topological polar surface area (TPSA) is 72.5 Å². The molecule has 0 saturated heterocycles. The standard InChI is InChI=1S/C15H29NO4S/c1-3-10-16-14(13-8-6-5-7-9-13)11-21(18,19)12-15(17)20-4-2/h13-14,16H,3-12H2,1-2H3. The van der Waals surface area contributed by atoms with Crippen molar-refractivity contribution in [2.24, 2.45) is 5.92 Å². The third-order valence-electron chi connectivity index (χ3n) is 3.95. The Morgan fingerprint density at radius 3 is 2.48 bits per heavy atom. The van der Waals surface area contributed by atoms with Gasteiger partial charge in [-0.3, -0.25) is 4.79 Å². The van der Waals surface area contributed by atoms with Gasteiger partial charge in [-0.1, -0.05) is 26.2 Å². The average molecular weight is 319 g/mol. The lowest BCUT2D eigenvalue weighted by atomic mass is 9.84. The van der Waals surface area contributed by atoms with Crippen molar-refractivity contribution in [3.63, 3.8) is 0 Å². The molecule has 0 heterocycles. The first kappa shape index (κ1) is 18.4. The number of esters is 1. The molecule has 1 aliphatic carbocycles. The zero-order valence-electron chi connectivity index (χ0n) is 13.3.